The number of benzene rings is 1. The number of aromatic nitrogens is 5. The van der Waals surface area contributed by atoms with Crippen molar-refractivity contribution in [3.63, 3.8) is 0 Å². The average molecular weight is 359 g/mol. The lowest BCUT2D eigenvalue weighted by Gasteiger charge is -2.10. The second-order valence-electron chi connectivity index (χ2n) is 5.29. The molecule has 2 heterocycles. The van der Waals surface area contributed by atoms with E-state index in [9.17, 15) is 22.0 Å². The Bertz CT molecular complexity index is 885. The Balaban J connectivity index is 1.92. The first-order valence-electron chi connectivity index (χ1n) is 6.91. The molecule has 2 aromatic heterocycles. The largest absolute Gasteiger partial charge is 0.573 e. The van der Waals surface area contributed by atoms with Crippen molar-refractivity contribution in [1.29, 1.82) is 0 Å². The molecule has 0 bridgehead atoms. The minimum Gasteiger partial charge on any atom is -0.406 e. The summed E-state index contributed by atoms with van der Waals surface area (Å²) in [5.41, 5.74) is 0.708. The van der Waals surface area contributed by atoms with Crippen LogP contribution in [0.5, 0.6) is 5.75 Å². The van der Waals surface area contributed by atoms with Gasteiger partial charge in [-0.25, -0.2) is 23.4 Å². The van der Waals surface area contributed by atoms with E-state index >= 15 is 0 Å². The van der Waals surface area contributed by atoms with Crippen LogP contribution in [0.3, 0.4) is 0 Å². The van der Waals surface area contributed by atoms with Crippen molar-refractivity contribution in [3.05, 3.63) is 30.5 Å². The van der Waals surface area contributed by atoms with Crippen LogP contribution in [0.1, 0.15) is 6.92 Å². The quantitative estimate of drug-likeness (QED) is 0.668. The first kappa shape index (κ1) is 17.0. The Morgan fingerprint density at radius 2 is 1.76 bits per heavy atom. The van der Waals surface area contributed by atoms with Crippen LogP contribution in [-0.4, -0.2) is 37.2 Å². The van der Waals surface area contributed by atoms with Gasteiger partial charge in [0.2, 0.25) is 0 Å². The number of ether oxygens (including phenoxy) is 1. The predicted molar refractivity (Wildman–Crippen MR) is 75.9 cm³/mol. The third kappa shape index (κ3) is 4.17. The number of rotatable bonds is 4. The SMILES string of the molecule is CC(F)(F)Cn1nnc2cnc(-c3ccc(OC(F)(F)F)cc3)nc21. The molecule has 1 aromatic carbocycles. The van der Waals surface area contributed by atoms with E-state index < -0.39 is 24.6 Å². The van der Waals surface area contributed by atoms with Crippen LogP contribution in [0.15, 0.2) is 30.5 Å². The van der Waals surface area contributed by atoms with Gasteiger partial charge >= 0.3 is 6.36 Å². The molecule has 0 saturated heterocycles. The number of nitrogens with zero attached hydrogens (tertiary/aromatic N) is 5. The smallest absolute Gasteiger partial charge is 0.406 e. The molecule has 0 saturated carbocycles. The molecular formula is C14H10F5N5O. The fraction of sp³-hybridized carbons (Fsp3) is 0.286. The Morgan fingerprint density at radius 3 is 2.36 bits per heavy atom. The molecule has 0 aliphatic rings. The van der Waals surface area contributed by atoms with Crippen LogP contribution in [0.4, 0.5) is 22.0 Å². The highest BCUT2D eigenvalue weighted by atomic mass is 19.4. The number of halogens is 5. The van der Waals surface area contributed by atoms with Crippen molar-refractivity contribution in [2.45, 2.75) is 25.8 Å². The van der Waals surface area contributed by atoms with Gasteiger partial charge in [0.1, 0.15) is 12.3 Å². The third-order valence-corrected chi connectivity index (χ3v) is 3.03. The molecule has 0 aliphatic heterocycles. The number of alkyl halides is 5. The molecule has 0 aliphatic carbocycles. The van der Waals surface area contributed by atoms with Crippen molar-refractivity contribution in [3.8, 4) is 17.1 Å². The lowest BCUT2D eigenvalue weighted by molar-refractivity contribution is -0.274. The van der Waals surface area contributed by atoms with Gasteiger partial charge in [-0.1, -0.05) is 5.21 Å². The lowest BCUT2D eigenvalue weighted by Crippen LogP contribution is -2.20. The molecule has 0 amide bonds. The van der Waals surface area contributed by atoms with E-state index in [1.54, 1.807) is 0 Å². The molecule has 0 atom stereocenters. The molecule has 132 valence electrons. The van der Waals surface area contributed by atoms with Gasteiger partial charge in [0.05, 0.1) is 6.20 Å². The van der Waals surface area contributed by atoms with Crippen LogP contribution in [0, 0.1) is 0 Å². The second kappa shape index (κ2) is 5.90. The third-order valence-electron chi connectivity index (χ3n) is 3.03. The fourth-order valence-corrected chi connectivity index (χ4v) is 2.09. The first-order valence-corrected chi connectivity index (χ1v) is 6.91. The second-order valence-corrected chi connectivity index (χ2v) is 5.29. The minimum atomic E-state index is -4.79. The summed E-state index contributed by atoms with van der Waals surface area (Å²) < 4.78 is 67.6. The van der Waals surface area contributed by atoms with E-state index in [-0.39, 0.29) is 17.0 Å². The number of fused-ring (bicyclic) bond motifs is 1. The monoisotopic (exact) mass is 359 g/mol. The molecule has 3 aromatic rings. The van der Waals surface area contributed by atoms with Crippen LogP contribution in [0.25, 0.3) is 22.6 Å². The van der Waals surface area contributed by atoms with Crippen molar-refractivity contribution in [1.82, 2.24) is 25.0 Å². The van der Waals surface area contributed by atoms with E-state index in [1.807, 2.05) is 0 Å². The van der Waals surface area contributed by atoms with Crippen LogP contribution >= 0.6 is 0 Å². The molecular weight excluding hydrogens is 349 g/mol. The van der Waals surface area contributed by atoms with Crippen molar-refractivity contribution in [2.24, 2.45) is 0 Å². The van der Waals surface area contributed by atoms with Gasteiger partial charge in [-0.2, -0.15) is 0 Å². The fourth-order valence-electron chi connectivity index (χ4n) is 2.09. The summed E-state index contributed by atoms with van der Waals surface area (Å²) in [6.45, 7) is 0.0281. The molecule has 3 rings (SSSR count). The zero-order chi connectivity index (χ0) is 18.2. The number of hydrogen-bond donors (Lipinski definition) is 0. The lowest BCUT2D eigenvalue weighted by atomic mass is 10.2. The zero-order valence-corrected chi connectivity index (χ0v) is 12.6. The molecule has 0 radical (unpaired) electrons. The average Bonchev–Trinajstić information content (AvgIpc) is 2.87. The first-order chi connectivity index (χ1) is 11.6. The maximum atomic E-state index is 13.2. The molecule has 0 N–H and O–H groups in total. The minimum absolute atomic E-state index is 0.0992. The maximum absolute atomic E-state index is 13.2. The molecule has 6 nitrogen and oxygen atoms in total. The topological polar surface area (TPSA) is 65.7 Å². The molecule has 0 fully saturated rings. The normalized spacial score (nSPS) is 12.6. The van der Waals surface area contributed by atoms with Gasteiger partial charge in [-0.3, -0.25) is 0 Å². The Labute approximate surface area is 137 Å². The summed E-state index contributed by atoms with van der Waals surface area (Å²) in [6, 6.07) is 4.86. The highest BCUT2D eigenvalue weighted by Crippen LogP contribution is 2.26. The summed E-state index contributed by atoms with van der Waals surface area (Å²) >= 11 is 0. The molecule has 25 heavy (non-hydrogen) atoms. The van der Waals surface area contributed by atoms with E-state index in [4.69, 9.17) is 0 Å². The highest BCUT2D eigenvalue weighted by Gasteiger charge is 2.31. The van der Waals surface area contributed by atoms with Crippen molar-refractivity contribution in [2.75, 3.05) is 0 Å². The number of hydrogen-bond acceptors (Lipinski definition) is 5. The van der Waals surface area contributed by atoms with Gasteiger partial charge in [0.25, 0.3) is 5.92 Å². The Morgan fingerprint density at radius 1 is 1.08 bits per heavy atom. The zero-order valence-electron chi connectivity index (χ0n) is 12.6. The highest BCUT2D eigenvalue weighted by molar-refractivity contribution is 5.71. The predicted octanol–water partition coefficient (Wildman–Crippen LogP) is 3.44. The van der Waals surface area contributed by atoms with Gasteiger partial charge in [-0.05, 0) is 24.3 Å². The van der Waals surface area contributed by atoms with E-state index in [0.717, 1.165) is 23.7 Å². The summed E-state index contributed by atoms with van der Waals surface area (Å²) in [7, 11) is 0. The molecule has 11 heteroatoms. The van der Waals surface area contributed by atoms with Crippen molar-refractivity contribution >= 4 is 11.2 Å². The van der Waals surface area contributed by atoms with E-state index in [1.165, 1.54) is 18.3 Å². The van der Waals surface area contributed by atoms with E-state index in [2.05, 4.69) is 25.0 Å². The summed E-state index contributed by atoms with van der Waals surface area (Å²) in [6.07, 6.45) is -3.49. The van der Waals surface area contributed by atoms with Gasteiger partial charge in [0, 0.05) is 12.5 Å². The van der Waals surface area contributed by atoms with Crippen LogP contribution in [-0.2, 0) is 6.54 Å². The summed E-state index contributed by atoms with van der Waals surface area (Å²) in [5, 5.41) is 7.31. The van der Waals surface area contributed by atoms with E-state index in [0.29, 0.717) is 5.56 Å². The van der Waals surface area contributed by atoms with Gasteiger partial charge in [0.15, 0.2) is 17.0 Å². The van der Waals surface area contributed by atoms with Gasteiger partial charge in [-0.15, -0.1) is 18.3 Å². The van der Waals surface area contributed by atoms with Crippen LogP contribution < -0.4 is 4.74 Å². The standard InChI is InChI=1S/C14H10F5N5O/c1-13(15,16)7-24-12-10(22-23-24)6-20-11(21-12)8-2-4-9(5-3-8)25-14(17,18)19/h2-6H,7H2,1H3. The van der Waals surface area contributed by atoms with Crippen LogP contribution in [0.2, 0.25) is 0 Å². The van der Waals surface area contributed by atoms with Gasteiger partial charge < -0.3 is 4.74 Å². The van der Waals surface area contributed by atoms with Crippen molar-refractivity contribution < 1.29 is 26.7 Å². The maximum Gasteiger partial charge on any atom is 0.573 e. The Kier molecular flexibility index (Phi) is 4.01. The molecule has 0 spiro atoms. The Hall–Kier alpha value is -2.85. The summed E-state index contributed by atoms with van der Waals surface area (Å²) in [4.78, 5) is 8.14. The summed E-state index contributed by atoms with van der Waals surface area (Å²) in [5.74, 6) is -3.27. The molecule has 0 unspecified atom stereocenters.